The van der Waals surface area contributed by atoms with Gasteiger partial charge in [0.2, 0.25) is 0 Å². The van der Waals surface area contributed by atoms with Gasteiger partial charge in [0.05, 0.1) is 7.11 Å². The maximum atomic E-state index is 12.9. The molecule has 0 spiro atoms. The van der Waals surface area contributed by atoms with Gasteiger partial charge in [-0.15, -0.1) is 0 Å². The van der Waals surface area contributed by atoms with Crippen molar-refractivity contribution in [2.24, 2.45) is 0 Å². The average molecular weight is 230 g/mol. The number of alkyl halides is 2. The first-order valence-electron chi connectivity index (χ1n) is 3.20. The number of methoxy groups -OCH3 is 1. The Kier molecular flexibility index (Phi) is 3.05. The summed E-state index contributed by atoms with van der Waals surface area (Å²) in [6, 6.07) is 0. The number of ether oxygens (including phenoxy) is 1. The summed E-state index contributed by atoms with van der Waals surface area (Å²) in [5.41, 5.74) is 0. The van der Waals surface area contributed by atoms with Gasteiger partial charge in [-0.05, 0) is 0 Å². The highest BCUT2D eigenvalue weighted by Crippen LogP contribution is 2.39. The van der Waals surface area contributed by atoms with Gasteiger partial charge < -0.3 is 9.84 Å². The summed E-state index contributed by atoms with van der Waals surface area (Å²) in [5.74, 6) is -3.36. The quantitative estimate of drug-likeness (QED) is 0.861. The molecule has 0 atom stereocenters. The standard InChI is InChI=1S/C6H6ClF2NO2S/c1-12-5-10-4(7)3(13-5)6(8,9)2-11/h11H,2H2,1H3. The summed E-state index contributed by atoms with van der Waals surface area (Å²) >= 11 is 6.03. The van der Waals surface area contributed by atoms with Crippen LogP contribution >= 0.6 is 22.9 Å². The largest absolute Gasteiger partial charge is 0.473 e. The fourth-order valence-corrected chi connectivity index (χ4v) is 1.79. The molecule has 0 amide bonds. The second-order valence-electron chi connectivity index (χ2n) is 2.17. The van der Waals surface area contributed by atoms with Crippen LogP contribution in [-0.2, 0) is 5.92 Å². The number of hydrogen-bond acceptors (Lipinski definition) is 4. The molecular formula is C6H6ClF2NO2S. The van der Waals surface area contributed by atoms with Crippen LogP contribution in [0.2, 0.25) is 5.15 Å². The maximum Gasteiger partial charge on any atom is 0.307 e. The molecule has 0 bridgehead atoms. The molecule has 3 nitrogen and oxygen atoms in total. The van der Waals surface area contributed by atoms with Gasteiger partial charge in [0.25, 0.3) is 5.19 Å². The Balaban J connectivity index is 3.07. The molecule has 1 rings (SSSR count). The summed E-state index contributed by atoms with van der Waals surface area (Å²) in [7, 11) is 1.30. The molecule has 0 aliphatic carbocycles. The third kappa shape index (κ3) is 2.07. The van der Waals surface area contributed by atoms with E-state index in [1.165, 1.54) is 7.11 Å². The number of thiazole rings is 1. The molecule has 0 aliphatic rings. The van der Waals surface area contributed by atoms with Crippen molar-refractivity contribution >= 4 is 22.9 Å². The minimum Gasteiger partial charge on any atom is -0.473 e. The fourth-order valence-electron chi connectivity index (χ4n) is 0.668. The highest BCUT2D eigenvalue weighted by Gasteiger charge is 2.36. The topological polar surface area (TPSA) is 42.4 Å². The van der Waals surface area contributed by atoms with E-state index in [-0.39, 0.29) is 10.3 Å². The smallest absolute Gasteiger partial charge is 0.307 e. The zero-order valence-electron chi connectivity index (χ0n) is 6.55. The highest BCUT2D eigenvalue weighted by atomic mass is 35.5. The number of halogens is 3. The zero-order chi connectivity index (χ0) is 10.1. The number of hydrogen-bond donors (Lipinski definition) is 1. The van der Waals surface area contributed by atoms with E-state index >= 15 is 0 Å². The SMILES string of the molecule is COc1nc(Cl)c(C(F)(F)CO)s1. The van der Waals surface area contributed by atoms with Crippen LogP contribution in [-0.4, -0.2) is 23.8 Å². The van der Waals surface area contributed by atoms with Crippen LogP contribution in [0.25, 0.3) is 0 Å². The van der Waals surface area contributed by atoms with Gasteiger partial charge in [-0.1, -0.05) is 22.9 Å². The van der Waals surface area contributed by atoms with Crippen molar-refractivity contribution in [3.05, 3.63) is 10.0 Å². The molecule has 7 heteroatoms. The van der Waals surface area contributed by atoms with Crippen LogP contribution in [0.3, 0.4) is 0 Å². The van der Waals surface area contributed by atoms with E-state index in [9.17, 15) is 8.78 Å². The average Bonchev–Trinajstić information content (AvgIpc) is 2.47. The van der Waals surface area contributed by atoms with E-state index in [0.717, 1.165) is 0 Å². The summed E-state index contributed by atoms with van der Waals surface area (Å²) in [5, 5.41) is 8.10. The lowest BCUT2D eigenvalue weighted by molar-refractivity contribution is -0.0525. The van der Waals surface area contributed by atoms with Crippen molar-refractivity contribution in [2.45, 2.75) is 5.92 Å². The molecule has 1 aromatic rings. The summed E-state index contributed by atoms with van der Waals surface area (Å²) in [6.45, 7) is -1.29. The fraction of sp³-hybridized carbons (Fsp3) is 0.500. The molecule has 0 saturated heterocycles. The van der Waals surface area contributed by atoms with Gasteiger partial charge in [0, 0.05) is 0 Å². The van der Waals surface area contributed by atoms with Crippen LogP contribution in [0.1, 0.15) is 4.88 Å². The number of aromatic nitrogens is 1. The molecular weight excluding hydrogens is 224 g/mol. The van der Waals surface area contributed by atoms with Crippen LogP contribution in [0.4, 0.5) is 8.78 Å². The zero-order valence-corrected chi connectivity index (χ0v) is 8.12. The molecule has 1 aromatic heterocycles. The Hall–Kier alpha value is -0.460. The van der Waals surface area contributed by atoms with E-state index in [4.69, 9.17) is 16.7 Å². The van der Waals surface area contributed by atoms with E-state index in [1.807, 2.05) is 0 Å². The number of aliphatic hydroxyl groups excluding tert-OH is 1. The molecule has 0 unspecified atom stereocenters. The summed E-state index contributed by atoms with van der Waals surface area (Å²) in [6.07, 6.45) is 0. The van der Waals surface area contributed by atoms with E-state index in [1.54, 1.807) is 0 Å². The maximum absolute atomic E-state index is 12.9. The molecule has 13 heavy (non-hydrogen) atoms. The Labute approximate surface area is 81.9 Å². The predicted octanol–water partition coefficient (Wildman–Crippen LogP) is 1.89. The Morgan fingerprint density at radius 3 is 2.69 bits per heavy atom. The first kappa shape index (κ1) is 10.6. The van der Waals surface area contributed by atoms with Gasteiger partial charge >= 0.3 is 5.92 Å². The molecule has 0 aliphatic heterocycles. The minimum atomic E-state index is -3.36. The number of nitrogens with zero attached hydrogens (tertiary/aromatic N) is 1. The molecule has 0 fully saturated rings. The van der Waals surface area contributed by atoms with Crippen LogP contribution < -0.4 is 4.74 Å². The van der Waals surface area contributed by atoms with E-state index < -0.39 is 17.4 Å². The monoisotopic (exact) mass is 229 g/mol. The Morgan fingerprint density at radius 2 is 2.31 bits per heavy atom. The molecule has 0 aromatic carbocycles. The van der Waals surface area contributed by atoms with E-state index in [2.05, 4.69) is 9.72 Å². The minimum absolute atomic E-state index is 0.0492. The first-order valence-corrected chi connectivity index (χ1v) is 4.40. The van der Waals surface area contributed by atoms with Crippen LogP contribution in [0.15, 0.2) is 0 Å². The van der Waals surface area contributed by atoms with Crippen molar-refractivity contribution in [1.82, 2.24) is 4.98 Å². The van der Waals surface area contributed by atoms with Gasteiger partial charge in [-0.25, -0.2) is 0 Å². The summed E-state index contributed by atoms with van der Waals surface area (Å²) < 4.78 is 30.4. The normalized spacial score (nSPS) is 11.8. The Bertz CT molecular complexity index is 305. The predicted molar refractivity (Wildman–Crippen MR) is 44.7 cm³/mol. The van der Waals surface area contributed by atoms with E-state index in [0.29, 0.717) is 11.3 Å². The lowest BCUT2D eigenvalue weighted by Crippen LogP contribution is -2.17. The van der Waals surface area contributed by atoms with Crippen molar-refractivity contribution in [3.63, 3.8) is 0 Å². The van der Waals surface area contributed by atoms with Gasteiger partial charge in [-0.2, -0.15) is 13.8 Å². The highest BCUT2D eigenvalue weighted by molar-refractivity contribution is 7.14. The van der Waals surface area contributed by atoms with Crippen LogP contribution in [0, 0.1) is 0 Å². The van der Waals surface area contributed by atoms with Gasteiger partial charge in [0.15, 0.2) is 5.15 Å². The molecule has 1 heterocycles. The molecule has 0 radical (unpaired) electrons. The van der Waals surface area contributed by atoms with Gasteiger partial charge in [0.1, 0.15) is 11.5 Å². The molecule has 74 valence electrons. The Morgan fingerprint density at radius 1 is 1.69 bits per heavy atom. The number of aliphatic hydroxyl groups is 1. The van der Waals surface area contributed by atoms with Crippen molar-refractivity contribution < 1.29 is 18.6 Å². The van der Waals surface area contributed by atoms with Gasteiger partial charge in [-0.3, -0.25) is 0 Å². The second-order valence-corrected chi connectivity index (χ2v) is 3.49. The third-order valence-electron chi connectivity index (χ3n) is 1.27. The molecule has 1 N–H and O–H groups in total. The molecule has 0 saturated carbocycles. The second kappa shape index (κ2) is 3.73. The van der Waals surface area contributed by atoms with Crippen LogP contribution in [0.5, 0.6) is 5.19 Å². The lowest BCUT2D eigenvalue weighted by atomic mass is 10.3. The summed E-state index contributed by atoms with van der Waals surface area (Å²) in [4.78, 5) is 3.04. The lowest BCUT2D eigenvalue weighted by Gasteiger charge is -2.09. The van der Waals surface area contributed by atoms with Crippen molar-refractivity contribution in [1.29, 1.82) is 0 Å². The van der Waals surface area contributed by atoms with Crippen molar-refractivity contribution in [2.75, 3.05) is 13.7 Å². The third-order valence-corrected chi connectivity index (χ3v) is 2.79. The van der Waals surface area contributed by atoms with Crippen molar-refractivity contribution in [3.8, 4) is 5.19 Å². The number of rotatable bonds is 3. The first-order chi connectivity index (χ1) is 6.01.